The standard InChI is InChI=1S/C16H25N/c1-10-9-11(2)13(4)15(12(10)3)16(17-5)14-7-6-8-14/h9,14,16-17H,6-8H2,1-5H3. The van der Waals surface area contributed by atoms with E-state index in [0.717, 1.165) is 5.92 Å². The molecule has 0 aliphatic heterocycles. The van der Waals surface area contributed by atoms with Gasteiger partial charge in [-0.1, -0.05) is 12.5 Å². The van der Waals surface area contributed by atoms with Gasteiger partial charge >= 0.3 is 0 Å². The number of hydrogen-bond donors (Lipinski definition) is 1. The van der Waals surface area contributed by atoms with Gasteiger partial charge in [0.05, 0.1) is 0 Å². The Hall–Kier alpha value is -0.820. The van der Waals surface area contributed by atoms with E-state index < -0.39 is 0 Å². The van der Waals surface area contributed by atoms with E-state index in [4.69, 9.17) is 0 Å². The summed E-state index contributed by atoms with van der Waals surface area (Å²) in [5.74, 6) is 0.846. The van der Waals surface area contributed by atoms with Crippen LogP contribution in [0.1, 0.15) is 53.1 Å². The summed E-state index contributed by atoms with van der Waals surface area (Å²) in [5, 5.41) is 3.56. The molecule has 1 aliphatic rings. The zero-order valence-corrected chi connectivity index (χ0v) is 11.9. The zero-order valence-electron chi connectivity index (χ0n) is 11.9. The minimum atomic E-state index is 0.558. The Labute approximate surface area is 106 Å². The maximum Gasteiger partial charge on any atom is 0.0351 e. The molecule has 0 saturated heterocycles. The lowest BCUT2D eigenvalue weighted by Crippen LogP contribution is -2.31. The van der Waals surface area contributed by atoms with Crippen molar-refractivity contribution in [1.82, 2.24) is 5.32 Å². The molecule has 17 heavy (non-hydrogen) atoms. The second-order valence-electron chi connectivity index (χ2n) is 5.63. The lowest BCUT2D eigenvalue weighted by Gasteiger charge is -2.36. The first kappa shape index (κ1) is 12.6. The molecule has 1 fully saturated rings. The van der Waals surface area contributed by atoms with Crippen LogP contribution in [0.5, 0.6) is 0 Å². The minimum Gasteiger partial charge on any atom is -0.313 e. The van der Waals surface area contributed by atoms with Gasteiger partial charge in [-0.3, -0.25) is 0 Å². The Morgan fingerprint density at radius 2 is 1.59 bits per heavy atom. The van der Waals surface area contributed by atoms with Crippen molar-refractivity contribution in [2.24, 2.45) is 5.92 Å². The maximum absolute atomic E-state index is 3.56. The Morgan fingerprint density at radius 1 is 1.06 bits per heavy atom. The number of benzene rings is 1. The van der Waals surface area contributed by atoms with Crippen LogP contribution in [0.25, 0.3) is 0 Å². The number of nitrogens with one attached hydrogen (secondary N) is 1. The molecule has 1 unspecified atom stereocenters. The van der Waals surface area contributed by atoms with Crippen molar-refractivity contribution in [3.8, 4) is 0 Å². The largest absolute Gasteiger partial charge is 0.313 e. The van der Waals surface area contributed by atoms with Gasteiger partial charge in [-0.15, -0.1) is 0 Å². The molecule has 1 aromatic carbocycles. The van der Waals surface area contributed by atoms with Crippen LogP contribution in [0.4, 0.5) is 0 Å². The maximum atomic E-state index is 3.56. The highest BCUT2D eigenvalue weighted by molar-refractivity contribution is 5.46. The Balaban J connectivity index is 2.48. The first-order valence-electron chi connectivity index (χ1n) is 6.80. The van der Waals surface area contributed by atoms with E-state index in [-0.39, 0.29) is 0 Å². The molecule has 0 radical (unpaired) electrons. The van der Waals surface area contributed by atoms with Crippen LogP contribution in [-0.4, -0.2) is 7.05 Å². The van der Waals surface area contributed by atoms with Crippen molar-refractivity contribution in [2.75, 3.05) is 7.05 Å². The molecule has 94 valence electrons. The van der Waals surface area contributed by atoms with Crippen molar-refractivity contribution < 1.29 is 0 Å². The molecule has 1 heteroatoms. The van der Waals surface area contributed by atoms with Gasteiger partial charge < -0.3 is 5.32 Å². The lowest BCUT2D eigenvalue weighted by molar-refractivity contribution is 0.238. The van der Waals surface area contributed by atoms with Crippen molar-refractivity contribution in [3.05, 3.63) is 33.9 Å². The Bertz CT molecular complexity index is 390. The van der Waals surface area contributed by atoms with E-state index in [1.54, 1.807) is 5.56 Å². The van der Waals surface area contributed by atoms with Crippen molar-refractivity contribution >= 4 is 0 Å². The molecular weight excluding hydrogens is 206 g/mol. The predicted molar refractivity (Wildman–Crippen MR) is 74.5 cm³/mol. The van der Waals surface area contributed by atoms with Crippen molar-refractivity contribution in [3.63, 3.8) is 0 Å². The zero-order chi connectivity index (χ0) is 12.6. The SMILES string of the molecule is CNC(c1c(C)c(C)cc(C)c1C)C1CCC1. The molecule has 2 rings (SSSR count). The van der Waals surface area contributed by atoms with Gasteiger partial charge in [-0.05, 0) is 81.3 Å². The molecule has 1 atom stereocenters. The van der Waals surface area contributed by atoms with E-state index in [2.05, 4.69) is 46.1 Å². The summed E-state index contributed by atoms with van der Waals surface area (Å²) in [6.07, 6.45) is 4.18. The predicted octanol–water partition coefficient (Wildman–Crippen LogP) is 3.98. The smallest absolute Gasteiger partial charge is 0.0351 e. The summed E-state index contributed by atoms with van der Waals surface area (Å²) in [4.78, 5) is 0. The highest BCUT2D eigenvalue weighted by Crippen LogP contribution is 2.40. The van der Waals surface area contributed by atoms with Crippen LogP contribution in [0.2, 0.25) is 0 Å². The van der Waals surface area contributed by atoms with Crippen LogP contribution >= 0.6 is 0 Å². The highest BCUT2D eigenvalue weighted by Gasteiger charge is 2.29. The summed E-state index contributed by atoms with van der Waals surface area (Å²) in [6.45, 7) is 9.03. The van der Waals surface area contributed by atoms with E-state index in [1.165, 1.54) is 41.5 Å². The fraction of sp³-hybridized carbons (Fsp3) is 0.625. The van der Waals surface area contributed by atoms with Gasteiger partial charge in [0.15, 0.2) is 0 Å². The van der Waals surface area contributed by atoms with Gasteiger partial charge in [0, 0.05) is 6.04 Å². The second-order valence-corrected chi connectivity index (χ2v) is 5.63. The third kappa shape index (κ3) is 2.13. The summed E-state index contributed by atoms with van der Waals surface area (Å²) in [6, 6.07) is 2.88. The molecule has 0 amide bonds. The van der Waals surface area contributed by atoms with Crippen LogP contribution < -0.4 is 5.32 Å². The van der Waals surface area contributed by atoms with Crippen LogP contribution in [0.15, 0.2) is 6.07 Å². The average molecular weight is 231 g/mol. The fourth-order valence-electron chi connectivity index (χ4n) is 3.10. The molecule has 0 aromatic heterocycles. The van der Waals surface area contributed by atoms with E-state index in [0.29, 0.717) is 6.04 Å². The van der Waals surface area contributed by atoms with Gasteiger partial charge in [-0.2, -0.15) is 0 Å². The van der Waals surface area contributed by atoms with Crippen molar-refractivity contribution in [1.29, 1.82) is 0 Å². The second kappa shape index (κ2) is 4.81. The van der Waals surface area contributed by atoms with Crippen molar-refractivity contribution in [2.45, 2.75) is 53.0 Å². The molecule has 1 saturated carbocycles. The van der Waals surface area contributed by atoms with Gasteiger partial charge in [-0.25, -0.2) is 0 Å². The fourth-order valence-corrected chi connectivity index (χ4v) is 3.10. The third-order valence-corrected chi connectivity index (χ3v) is 4.67. The Kier molecular flexibility index (Phi) is 3.58. The monoisotopic (exact) mass is 231 g/mol. The molecule has 1 nitrogen and oxygen atoms in total. The first-order valence-corrected chi connectivity index (χ1v) is 6.80. The summed E-state index contributed by atoms with van der Waals surface area (Å²) >= 11 is 0. The molecule has 1 aromatic rings. The Morgan fingerprint density at radius 3 is 1.94 bits per heavy atom. The molecule has 0 bridgehead atoms. The van der Waals surface area contributed by atoms with Crippen LogP contribution in [0, 0.1) is 33.6 Å². The molecule has 1 N–H and O–H groups in total. The van der Waals surface area contributed by atoms with Crippen LogP contribution in [-0.2, 0) is 0 Å². The topological polar surface area (TPSA) is 12.0 Å². The molecular formula is C16H25N. The summed E-state index contributed by atoms with van der Waals surface area (Å²) < 4.78 is 0. The molecule has 0 heterocycles. The minimum absolute atomic E-state index is 0.558. The first-order chi connectivity index (χ1) is 8.06. The lowest BCUT2D eigenvalue weighted by atomic mass is 9.74. The van der Waals surface area contributed by atoms with E-state index in [9.17, 15) is 0 Å². The molecule has 1 aliphatic carbocycles. The summed E-state index contributed by atoms with van der Waals surface area (Å²) in [7, 11) is 2.11. The normalized spacial score (nSPS) is 17.9. The van der Waals surface area contributed by atoms with Gasteiger partial charge in [0.1, 0.15) is 0 Å². The third-order valence-electron chi connectivity index (χ3n) is 4.67. The molecule has 0 spiro atoms. The summed E-state index contributed by atoms with van der Waals surface area (Å²) in [5.41, 5.74) is 7.40. The number of aryl methyl sites for hydroxylation is 2. The van der Waals surface area contributed by atoms with E-state index in [1.807, 2.05) is 0 Å². The van der Waals surface area contributed by atoms with Gasteiger partial charge in [0.25, 0.3) is 0 Å². The van der Waals surface area contributed by atoms with E-state index >= 15 is 0 Å². The quantitative estimate of drug-likeness (QED) is 0.829. The van der Waals surface area contributed by atoms with Gasteiger partial charge in [0.2, 0.25) is 0 Å². The number of hydrogen-bond acceptors (Lipinski definition) is 1. The van der Waals surface area contributed by atoms with Crippen LogP contribution in [0.3, 0.4) is 0 Å². The number of rotatable bonds is 3. The highest BCUT2D eigenvalue weighted by atomic mass is 14.9. The average Bonchev–Trinajstić information content (AvgIpc) is 2.22.